The van der Waals surface area contributed by atoms with Gasteiger partial charge in [0.05, 0.1) is 12.0 Å². The van der Waals surface area contributed by atoms with Crippen LogP contribution < -0.4 is 5.73 Å². The van der Waals surface area contributed by atoms with Crippen LogP contribution in [-0.2, 0) is 4.79 Å². The Labute approximate surface area is 59.7 Å². The molecule has 0 aliphatic rings. The molecule has 0 aliphatic carbocycles. The van der Waals surface area contributed by atoms with E-state index in [0.717, 1.165) is 0 Å². The molecular formula is C6H13NO3. The first kappa shape index (κ1) is 9.39. The minimum atomic E-state index is -1.15. The van der Waals surface area contributed by atoms with Crippen LogP contribution >= 0.6 is 0 Å². The van der Waals surface area contributed by atoms with Gasteiger partial charge in [0.2, 0.25) is 0 Å². The highest BCUT2D eigenvalue weighted by Crippen LogP contribution is 2.12. The summed E-state index contributed by atoms with van der Waals surface area (Å²) in [5, 5.41) is 17.5. The summed E-state index contributed by atoms with van der Waals surface area (Å²) in [6.45, 7) is 1.77. The monoisotopic (exact) mass is 147 g/mol. The van der Waals surface area contributed by atoms with Crippen molar-refractivity contribution in [2.45, 2.75) is 25.4 Å². The molecule has 10 heavy (non-hydrogen) atoms. The zero-order valence-corrected chi connectivity index (χ0v) is 6.00. The molecule has 0 aliphatic heterocycles. The average Bonchev–Trinajstić information content (AvgIpc) is 1.59. The molecule has 0 spiro atoms. The van der Waals surface area contributed by atoms with E-state index in [1.807, 2.05) is 0 Å². The van der Waals surface area contributed by atoms with Crippen molar-refractivity contribution in [2.75, 3.05) is 6.54 Å². The number of carboxylic acid groups (broad SMARTS) is 1. The van der Waals surface area contributed by atoms with Gasteiger partial charge in [-0.2, -0.15) is 0 Å². The minimum absolute atomic E-state index is 0.246. The molecule has 0 heterocycles. The number of hydrogen-bond acceptors (Lipinski definition) is 3. The maximum absolute atomic E-state index is 10.1. The maximum atomic E-state index is 10.1. The van der Waals surface area contributed by atoms with Crippen LogP contribution in [0.4, 0.5) is 0 Å². The molecule has 0 rings (SSSR count). The summed E-state index contributed by atoms with van der Waals surface area (Å²) in [7, 11) is 0. The van der Waals surface area contributed by atoms with Gasteiger partial charge in [-0.3, -0.25) is 4.79 Å². The van der Waals surface area contributed by atoms with Gasteiger partial charge in [-0.1, -0.05) is 0 Å². The second-order valence-electron chi connectivity index (χ2n) is 2.61. The lowest BCUT2D eigenvalue weighted by Crippen LogP contribution is -2.30. The highest BCUT2D eigenvalue weighted by Gasteiger charge is 2.22. The Morgan fingerprint density at radius 1 is 1.70 bits per heavy atom. The van der Waals surface area contributed by atoms with Crippen LogP contribution in [0.5, 0.6) is 0 Å². The predicted molar refractivity (Wildman–Crippen MR) is 36.5 cm³/mol. The molecule has 4 nitrogen and oxygen atoms in total. The molecule has 1 unspecified atom stereocenters. The second kappa shape index (κ2) is 3.53. The average molecular weight is 147 g/mol. The van der Waals surface area contributed by atoms with Gasteiger partial charge in [0, 0.05) is 0 Å². The van der Waals surface area contributed by atoms with E-state index in [-0.39, 0.29) is 6.42 Å². The Kier molecular flexibility index (Phi) is 3.32. The van der Waals surface area contributed by atoms with Crippen LogP contribution in [0.1, 0.15) is 19.8 Å². The molecule has 0 aromatic rings. The van der Waals surface area contributed by atoms with E-state index < -0.39 is 11.6 Å². The zero-order chi connectivity index (χ0) is 8.20. The van der Waals surface area contributed by atoms with Gasteiger partial charge >= 0.3 is 5.97 Å². The first-order chi connectivity index (χ1) is 4.48. The van der Waals surface area contributed by atoms with Gasteiger partial charge in [0.15, 0.2) is 0 Å². The lowest BCUT2D eigenvalue weighted by molar-refractivity contribution is -0.142. The highest BCUT2D eigenvalue weighted by atomic mass is 16.4. The zero-order valence-electron chi connectivity index (χ0n) is 6.00. The van der Waals surface area contributed by atoms with Crippen LogP contribution in [-0.4, -0.2) is 28.3 Å². The number of nitrogens with two attached hydrogens (primary N) is 1. The molecule has 0 fully saturated rings. The van der Waals surface area contributed by atoms with Crippen molar-refractivity contribution in [3.63, 3.8) is 0 Å². The smallest absolute Gasteiger partial charge is 0.306 e. The third-order valence-corrected chi connectivity index (χ3v) is 1.21. The molecule has 60 valence electrons. The SMILES string of the molecule is CC(O)(CCN)CC(=O)O. The molecule has 4 heteroatoms. The predicted octanol–water partition coefficient (Wildman–Crippen LogP) is -0.439. The van der Waals surface area contributed by atoms with E-state index in [1.165, 1.54) is 6.92 Å². The molecule has 0 aromatic carbocycles. The topological polar surface area (TPSA) is 83.5 Å². The van der Waals surface area contributed by atoms with Crippen molar-refractivity contribution in [3.8, 4) is 0 Å². The Morgan fingerprint density at radius 2 is 2.20 bits per heavy atom. The standard InChI is InChI=1S/C6H13NO3/c1-6(10,2-3-7)4-5(8)9/h10H,2-4,7H2,1H3,(H,8,9). The molecule has 4 N–H and O–H groups in total. The van der Waals surface area contributed by atoms with Gasteiger partial charge < -0.3 is 15.9 Å². The first-order valence-electron chi connectivity index (χ1n) is 3.12. The summed E-state index contributed by atoms with van der Waals surface area (Å²) in [5.74, 6) is -1.00. The van der Waals surface area contributed by atoms with E-state index in [2.05, 4.69) is 0 Å². The molecule has 0 aromatic heterocycles. The Hall–Kier alpha value is -0.610. The first-order valence-corrected chi connectivity index (χ1v) is 3.12. The van der Waals surface area contributed by atoms with Crippen LogP contribution in [0.2, 0.25) is 0 Å². The van der Waals surface area contributed by atoms with Gasteiger partial charge in [0.25, 0.3) is 0 Å². The number of aliphatic carboxylic acids is 1. The maximum Gasteiger partial charge on any atom is 0.306 e. The molecule has 0 bridgehead atoms. The number of aliphatic hydroxyl groups is 1. The van der Waals surface area contributed by atoms with Gasteiger partial charge in [-0.05, 0) is 19.9 Å². The molecule has 0 radical (unpaired) electrons. The Balaban J connectivity index is 3.74. The number of carbonyl (C=O) groups is 1. The van der Waals surface area contributed by atoms with Crippen molar-refractivity contribution < 1.29 is 15.0 Å². The van der Waals surface area contributed by atoms with Gasteiger partial charge in [-0.15, -0.1) is 0 Å². The van der Waals surface area contributed by atoms with Gasteiger partial charge in [0.1, 0.15) is 0 Å². The van der Waals surface area contributed by atoms with Gasteiger partial charge in [-0.25, -0.2) is 0 Å². The van der Waals surface area contributed by atoms with Crippen molar-refractivity contribution in [1.82, 2.24) is 0 Å². The molecule has 0 amide bonds. The summed E-state index contributed by atoms with van der Waals surface area (Å²) in [6.07, 6.45) is 0.0729. The van der Waals surface area contributed by atoms with Crippen LogP contribution in [0, 0.1) is 0 Å². The largest absolute Gasteiger partial charge is 0.481 e. The van der Waals surface area contributed by atoms with E-state index >= 15 is 0 Å². The lowest BCUT2D eigenvalue weighted by atomic mass is 9.99. The number of rotatable bonds is 4. The van der Waals surface area contributed by atoms with Crippen LogP contribution in [0.15, 0.2) is 0 Å². The van der Waals surface area contributed by atoms with E-state index in [4.69, 9.17) is 10.8 Å². The Morgan fingerprint density at radius 3 is 2.50 bits per heavy atom. The highest BCUT2D eigenvalue weighted by molar-refractivity contribution is 5.67. The van der Waals surface area contributed by atoms with Crippen molar-refractivity contribution >= 4 is 5.97 Å². The molecule has 1 atom stereocenters. The van der Waals surface area contributed by atoms with Crippen LogP contribution in [0.25, 0.3) is 0 Å². The summed E-state index contributed by atoms with van der Waals surface area (Å²) in [5.41, 5.74) is 3.99. The van der Waals surface area contributed by atoms with Crippen molar-refractivity contribution in [2.24, 2.45) is 5.73 Å². The van der Waals surface area contributed by atoms with Crippen LogP contribution in [0.3, 0.4) is 0 Å². The summed E-state index contributed by atoms with van der Waals surface area (Å²) >= 11 is 0. The fourth-order valence-corrected chi connectivity index (χ4v) is 0.725. The fourth-order valence-electron chi connectivity index (χ4n) is 0.725. The van der Waals surface area contributed by atoms with Crippen molar-refractivity contribution in [1.29, 1.82) is 0 Å². The molecule has 0 saturated heterocycles. The number of carboxylic acids is 1. The van der Waals surface area contributed by atoms with E-state index in [9.17, 15) is 9.90 Å². The third-order valence-electron chi connectivity index (χ3n) is 1.21. The van der Waals surface area contributed by atoms with Crippen molar-refractivity contribution in [3.05, 3.63) is 0 Å². The number of hydrogen-bond donors (Lipinski definition) is 3. The summed E-state index contributed by atoms with van der Waals surface area (Å²) in [4.78, 5) is 10.1. The lowest BCUT2D eigenvalue weighted by Gasteiger charge is -2.19. The molecule has 0 saturated carbocycles. The quantitative estimate of drug-likeness (QED) is 0.503. The Bertz CT molecular complexity index is 122. The normalized spacial score (nSPS) is 16.3. The second-order valence-corrected chi connectivity index (χ2v) is 2.61. The summed E-state index contributed by atoms with van der Waals surface area (Å²) in [6, 6.07) is 0. The van der Waals surface area contributed by atoms with E-state index in [0.29, 0.717) is 13.0 Å². The third kappa shape index (κ3) is 4.29. The molecular weight excluding hydrogens is 134 g/mol. The van der Waals surface area contributed by atoms with E-state index in [1.54, 1.807) is 0 Å². The summed E-state index contributed by atoms with van der Waals surface area (Å²) < 4.78 is 0. The fraction of sp³-hybridized carbons (Fsp3) is 0.833. The minimum Gasteiger partial charge on any atom is -0.481 e.